The Morgan fingerprint density at radius 2 is 1.13 bits per heavy atom. The zero-order valence-corrected chi connectivity index (χ0v) is 20.6. The summed E-state index contributed by atoms with van der Waals surface area (Å²) in [5, 5.41) is 5.39. The van der Waals surface area contributed by atoms with Gasteiger partial charge in [-0.15, -0.1) is 0 Å². The Labute approximate surface area is 221 Å². The minimum absolute atomic E-state index is 0.610. The average molecular weight is 502 g/mol. The minimum Gasteiger partial charge on any atom is -0.456 e. The van der Waals surface area contributed by atoms with Gasteiger partial charge in [0.1, 0.15) is 28.0 Å². The lowest BCUT2D eigenvalue weighted by molar-refractivity contribution is 0.655. The van der Waals surface area contributed by atoms with Gasteiger partial charge in [-0.1, -0.05) is 84.9 Å². The first-order chi connectivity index (χ1) is 19.3. The maximum atomic E-state index is 6.50. The van der Waals surface area contributed by atoms with Crippen molar-refractivity contribution in [3.8, 4) is 17.2 Å². The summed E-state index contributed by atoms with van der Waals surface area (Å²) in [6, 6.07) is 39.2. The van der Waals surface area contributed by atoms with Gasteiger partial charge in [0.2, 0.25) is 5.95 Å². The molecule has 182 valence electrons. The molecular formula is C34H19N3O2. The van der Waals surface area contributed by atoms with Crippen molar-refractivity contribution in [2.75, 3.05) is 0 Å². The predicted octanol–water partition coefficient (Wildman–Crippen LogP) is 9.04. The van der Waals surface area contributed by atoms with Crippen molar-refractivity contribution in [1.82, 2.24) is 14.5 Å². The number of rotatable bonds is 2. The first-order valence-electron chi connectivity index (χ1n) is 12.9. The number of benzene rings is 5. The SMILES string of the molecule is c1ccc(-c2nc(-n3c4ccccc4c4ccccc43)nc3c2oc2cc4oc5ccccc5c4cc23)cc1. The van der Waals surface area contributed by atoms with Gasteiger partial charge < -0.3 is 8.83 Å². The van der Waals surface area contributed by atoms with Gasteiger partial charge in [0.05, 0.1) is 11.0 Å². The topological polar surface area (TPSA) is 57.0 Å². The van der Waals surface area contributed by atoms with Crippen molar-refractivity contribution >= 4 is 65.8 Å². The van der Waals surface area contributed by atoms with Gasteiger partial charge >= 0.3 is 0 Å². The fourth-order valence-corrected chi connectivity index (χ4v) is 5.88. The number of aromatic nitrogens is 3. The quantitative estimate of drug-likeness (QED) is 0.237. The third-order valence-corrected chi connectivity index (χ3v) is 7.63. The third kappa shape index (κ3) is 2.84. The maximum absolute atomic E-state index is 6.50. The second kappa shape index (κ2) is 7.55. The van der Waals surface area contributed by atoms with Crippen LogP contribution in [0.3, 0.4) is 0 Å². The highest BCUT2D eigenvalue weighted by molar-refractivity contribution is 6.16. The van der Waals surface area contributed by atoms with Gasteiger partial charge in [0.25, 0.3) is 0 Å². The molecule has 5 aromatic carbocycles. The van der Waals surface area contributed by atoms with E-state index in [1.54, 1.807) is 0 Å². The highest BCUT2D eigenvalue weighted by atomic mass is 16.3. The van der Waals surface area contributed by atoms with Crippen LogP contribution in [-0.2, 0) is 0 Å². The minimum atomic E-state index is 0.610. The van der Waals surface area contributed by atoms with E-state index in [0.717, 1.165) is 60.7 Å². The number of furan rings is 2. The van der Waals surface area contributed by atoms with Crippen LogP contribution in [-0.4, -0.2) is 14.5 Å². The van der Waals surface area contributed by atoms with Crippen molar-refractivity contribution in [2.24, 2.45) is 0 Å². The van der Waals surface area contributed by atoms with Crippen molar-refractivity contribution in [2.45, 2.75) is 0 Å². The third-order valence-electron chi connectivity index (χ3n) is 7.63. The lowest BCUT2D eigenvalue weighted by Gasteiger charge is -2.09. The van der Waals surface area contributed by atoms with E-state index < -0.39 is 0 Å². The number of hydrogen-bond acceptors (Lipinski definition) is 4. The highest BCUT2D eigenvalue weighted by Gasteiger charge is 2.22. The lowest BCUT2D eigenvalue weighted by atomic mass is 10.1. The monoisotopic (exact) mass is 501 g/mol. The van der Waals surface area contributed by atoms with Crippen molar-refractivity contribution in [3.63, 3.8) is 0 Å². The van der Waals surface area contributed by atoms with Gasteiger partial charge in [0, 0.05) is 38.6 Å². The van der Waals surface area contributed by atoms with E-state index in [2.05, 4.69) is 77.4 Å². The molecule has 9 rings (SSSR count). The molecule has 0 atom stereocenters. The summed E-state index contributed by atoms with van der Waals surface area (Å²) < 4.78 is 14.8. The molecular weight excluding hydrogens is 482 g/mol. The van der Waals surface area contributed by atoms with E-state index in [1.807, 2.05) is 42.5 Å². The summed E-state index contributed by atoms with van der Waals surface area (Å²) in [5.41, 5.74) is 7.68. The Morgan fingerprint density at radius 3 is 1.90 bits per heavy atom. The molecule has 0 spiro atoms. The number of hydrogen-bond donors (Lipinski definition) is 0. The molecule has 0 aliphatic heterocycles. The van der Waals surface area contributed by atoms with E-state index >= 15 is 0 Å². The fraction of sp³-hybridized carbons (Fsp3) is 0. The van der Waals surface area contributed by atoms with E-state index in [4.69, 9.17) is 18.8 Å². The zero-order chi connectivity index (χ0) is 25.5. The molecule has 0 aliphatic rings. The second-order valence-electron chi connectivity index (χ2n) is 9.83. The summed E-state index contributed by atoms with van der Waals surface area (Å²) >= 11 is 0. The molecule has 39 heavy (non-hydrogen) atoms. The molecule has 9 aromatic rings. The standard InChI is InChI=1S/C34H19N3O2/c1-2-10-20(11-3-1)31-33-32(25-18-24-23-14-6-9-17-28(23)38-29(24)19-30(25)39-33)36-34(35-31)37-26-15-7-4-12-21(26)22-13-5-8-16-27(22)37/h1-19H. The Hall–Kier alpha value is -5.42. The number of fused-ring (bicyclic) bond motifs is 9. The summed E-state index contributed by atoms with van der Waals surface area (Å²) in [6.07, 6.45) is 0. The van der Waals surface area contributed by atoms with Gasteiger partial charge in [-0.3, -0.25) is 4.57 Å². The first-order valence-corrected chi connectivity index (χ1v) is 12.9. The van der Waals surface area contributed by atoms with Gasteiger partial charge in [-0.2, -0.15) is 0 Å². The lowest BCUT2D eigenvalue weighted by Crippen LogP contribution is -2.02. The Morgan fingerprint density at radius 1 is 0.487 bits per heavy atom. The van der Waals surface area contributed by atoms with Crippen molar-refractivity contribution in [1.29, 1.82) is 0 Å². The van der Waals surface area contributed by atoms with Crippen LogP contribution in [0.15, 0.2) is 124 Å². The molecule has 0 aliphatic carbocycles. The molecule has 0 radical (unpaired) electrons. The molecule has 4 heterocycles. The van der Waals surface area contributed by atoms with E-state index in [0.29, 0.717) is 11.5 Å². The van der Waals surface area contributed by atoms with Crippen LogP contribution in [0.1, 0.15) is 0 Å². The van der Waals surface area contributed by atoms with E-state index in [9.17, 15) is 0 Å². The molecule has 0 fully saturated rings. The molecule has 5 heteroatoms. The predicted molar refractivity (Wildman–Crippen MR) is 156 cm³/mol. The molecule has 0 saturated heterocycles. The van der Waals surface area contributed by atoms with Crippen LogP contribution in [0.2, 0.25) is 0 Å². The van der Waals surface area contributed by atoms with Crippen LogP contribution < -0.4 is 0 Å². The van der Waals surface area contributed by atoms with Gasteiger partial charge in [-0.05, 0) is 24.3 Å². The average Bonchev–Trinajstić information content (AvgIpc) is 3.65. The van der Waals surface area contributed by atoms with Crippen molar-refractivity contribution < 1.29 is 8.83 Å². The molecule has 5 nitrogen and oxygen atoms in total. The van der Waals surface area contributed by atoms with Crippen molar-refractivity contribution in [3.05, 3.63) is 115 Å². The summed E-state index contributed by atoms with van der Waals surface area (Å²) in [7, 11) is 0. The van der Waals surface area contributed by atoms with Gasteiger partial charge in [-0.25, -0.2) is 9.97 Å². The Balaban J connectivity index is 1.45. The maximum Gasteiger partial charge on any atom is 0.236 e. The summed E-state index contributed by atoms with van der Waals surface area (Å²) in [4.78, 5) is 10.3. The largest absolute Gasteiger partial charge is 0.456 e. The molecule has 0 N–H and O–H groups in total. The Kier molecular flexibility index (Phi) is 3.99. The van der Waals surface area contributed by atoms with Crippen LogP contribution in [0.25, 0.3) is 83.0 Å². The molecule has 0 amide bonds. The first kappa shape index (κ1) is 20.6. The fourth-order valence-electron chi connectivity index (χ4n) is 5.88. The number of nitrogens with zero attached hydrogens (tertiary/aromatic N) is 3. The molecule has 0 bridgehead atoms. The normalized spacial score (nSPS) is 12.1. The molecule has 0 unspecified atom stereocenters. The van der Waals surface area contributed by atoms with E-state index in [-0.39, 0.29) is 0 Å². The smallest absolute Gasteiger partial charge is 0.236 e. The van der Waals surface area contributed by atoms with Crippen LogP contribution in [0.5, 0.6) is 0 Å². The van der Waals surface area contributed by atoms with Crippen LogP contribution in [0.4, 0.5) is 0 Å². The number of para-hydroxylation sites is 3. The van der Waals surface area contributed by atoms with E-state index in [1.165, 1.54) is 10.8 Å². The van der Waals surface area contributed by atoms with Crippen LogP contribution >= 0.6 is 0 Å². The molecule has 4 aromatic heterocycles. The van der Waals surface area contributed by atoms with Crippen LogP contribution in [0, 0.1) is 0 Å². The zero-order valence-electron chi connectivity index (χ0n) is 20.6. The highest BCUT2D eigenvalue weighted by Crippen LogP contribution is 2.40. The second-order valence-corrected chi connectivity index (χ2v) is 9.83. The Bertz CT molecular complexity index is 2340. The summed E-state index contributed by atoms with van der Waals surface area (Å²) in [5.74, 6) is 0.610. The van der Waals surface area contributed by atoms with Gasteiger partial charge in [0.15, 0.2) is 5.58 Å². The summed E-state index contributed by atoms with van der Waals surface area (Å²) in [6.45, 7) is 0. The molecule has 0 saturated carbocycles.